The van der Waals surface area contributed by atoms with Crippen LogP contribution in [0.1, 0.15) is 30.9 Å². The van der Waals surface area contributed by atoms with Gasteiger partial charge in [0.1, 0.15) is 0 Å². The van der Waals surface area contributed by atoms with E-state index < -0.39 is 0 Å². The maximum atomic E-state index is 5.85. The van der Waals surface area contributed by atoms with Crippen molar-refractivity contribution in [3.8, 4) is 11.5 Å². The highest BCUT2D eigenvalue weighted by molar-refractivity contribution is 14.0. The minimum atomic E-state index is 0. The molecule has 0 atom stereocenters. The number of hydrogen-bond acceptors (Lipinski definition) is 3. The van der Waals surface area contributed by atoms with Crippen LogP contribution in [0.2, 0.25) is 0 Å². The average Bonchev–Trinajstić information content (AvgIpc) is 2.53. The summed E-state index contributed by atoms with van der Waals surface area (Å²) in [7, 11) is 3.27. The van der Waals surface area contributed by atoms with E-state index in [1.54, 1.807) is 14.2 Å². The number of hydrogen-bond donors (Lipinski definition) is 2. The van der Waals surface area contributed by atoms with E-state index in [1.807, 2.05) is 18.2 Å². The number of guanidine groups is 1. The molecule has 1 aromatic rings. The van der Waals surface area contributed by atoms with E-state index in [0.29, 0.717) is 24.7 Å². The molecule has 0 saturated carbocycles. The van der Waals surface area contributed by atoms with Crippen LogP contribution < -0.4 is 20.5 Å². The molecule has 0 aliphatic heterocycles. The smallest absolute Gasteiger partial charge is 0.188 e. The number of nitrogens with zero attached hydrogens (tertiary/aromatic N) is 1. The quantitative estimate of drug-likeness (QED) is 0.206. The second kappa shape index (κ2) is 12.0. The van der Waals surface area contributed by atoms with Gasteiger partial charge < -0.3 is 20.5 Å². The van der Waals surface area contributed by atoms with Gasteiger partial charge >= 0.3 is 0 Å². The largest absolute Gasteiger partial charge is 0.493 e. The highest BCUT2D eigenvalue weighted by Crippen LogP contribution is 2.33. The Morgan fingerprint density at radius 1 is 1.35 bits per heavy atom. The van der Waals surface area contributed by atoms with Crippen molar-refractivity contribution in [2.45, 2.75) is 32.7 Å². The van der Waals surface area contributed by atoms with E-state index in [9.17, 15) is 0 Å². The number of unbranched alkanes of at least 4 members (excludes halogenated alkanes) is 1. The summed E-state index contributed by atoms with van der Waals surface area (Å²) in [5.41, 5.74) is 7.90. The van der Waals surface area contributed by atoms with Crippen molar-refractivity contribution < 1.29 is 9.47 Å². The average molecular weight is 433 g/mol. The van der Waals surface area contributed by atoms with Crippen LogP contribution in [-0.4, -0.2) is 26.7 Å². The number of allylic oxidation sites excluding steroid dienone is 1. The third-order valence-electron chi connectivity index (χ3n) is 3.25. The Balaban J connectivity index is 0.00000484. The number of benzene rings is 1. The normalized spacial score (nSPS) is 10.7. The molecule has 0 amide bonds. The Morgan fingerprint density at radius 2 is 2.09 bits per heavy atom. The number of rotatable bonds is 9. The molecule has 0 fully saturated rings. The van der Waals surface area contributed by atoms with E-state index in [-0.39, 0.29) is 24.0 Å². The number of halogens is 1. The topological polar surface area (TPSA) is 68.9 Å². The number of ether oxygens (including phenoxy) is 2. The Bertz CT molecular complexity index is 519. The van der Waals surface area contributed by atoms with Crippen LogP contribution in [0.25, 0.3) is 0 Å². The molecule has 0 aromatic heterocycles. The molecule has 0 aliphatic rings. The molecule has 5 nitrogen and oxygen atoms in total. The summed E-state index contributed by atoms with van der Waals surface area (Å²) in [5.74, 6) is 1.90. The monoisotopic (exact) mass is 433 g/mol. The minimum Gasteiger partial charge on any atom is -0.493 e. The van der Waals surface area contributed by atoms with Gasteiger partial charge in [0.05, 0.1) is 20.8 Å². The molecule has 130 valence electrons. The van der Waals surface area contributed by atoms with Crippen molar-refractivity contribution in [1.82, 2.24) is 5.32 Å². The van der Waals surface area contributed by atoms with Crippen molar-refractivity contribution in [2.75, 3.05) is 20.8 Å². The SMILES string of the molecule is C=CCc1cc(CN=C(N)NCCCC)cc(OC)c1OC.I. The van der Waals surface area contributed by atoms with Crippen LogP contribution in [0, 0.1) is 0 Å². The molecular formula is C17H28IN3O2. The third kappa shape index (κ3) is 7.11. The van der Waals surface area contributed by atoms with Gasteiger partial charge in [-0.25, -0.2) is 4.99 Å². The van der Waals surface area contributed by atoms with Crippen molar-refractivity contribution >= 4 is 29.9 Å². The van der Waals surface area contributed by atoms with E-state index >= 15 is 0 Å². The Kier molecular flexibility index (Phi) is 11.3. The minimum absolute atomic E-state index is 0. The Hall–Kier alpha value is -1.44. The molecule has 6 heteroatoms. The van der Waals surface area contributed by atoms with Crippen LogP contribution in [0.3, 0.4) is 0 Å². The van der Waals surface area contributed by atoms with Gasteiger partial charge in [0.25, 0.3) is 0 Å². The molecule has 0 heterocycles. The fourth-order valence-electron chi connectivity index (χ4n) is 2.13. The van der Waals surface area contributed by atoms with Crippen LogP contribution in [0.4, 0.5) is 0 Å². The van der Waals surface area contributed by atoms with E-state index in [0.717, 1.165) is 36.3 Å². The molecule has 1 rings (SSSR count). The first-order valence-electron chi connectivity index (χ1n) is 7.54. The first kappa shape index (κ1) is 21.6. The van der Waals surface area contributed by atoms with E-state index in [1.165, 1.54) is 0 Å². The van der Waals surface area contributed by atoms with Crippen molar-refractivity contribution in [1.29, 1.82) is 0 Å². The lowest BCUT2D eigenvalue weighted by molar-refractivity contribution is 0.352. The second-order valence-corrected chi connectivity index (χ2v) is 4.97. The zero-order valence-corrected chi connectivity index (χ0v) is 16.6. The summed E-state index contributed by atoms with van der Waals surface area (Å²) in [5, 5.41) is 3.10. The molecule has 0 radical (unpaired) electrons. The highest BCUT2D eigenvalue weighted by Gasteiger charge is 2.11. The van der Waals surface area contributed by atoms with Gasteiger partial charge in [-0.15, -0.1) is 30.6 Å². The van der Waals surface area contributed by atoms with Crippen molar-refractivity contribution in [2.24, 2.45) is 10.7 Å². The van der Waals surface area contributed by atoms with Gasteiger partial charge in [0.15, 0.2) is 17.5 Å². The summed E-state index contributed by atoms with van der Waals surface area (Å²) >= 11 is 0. The molecule has 0 saturated heterocycles. The van der Waals surface area contributed by atoms with Crippen molar-refractivity contribution in [3.63, 3.8) is 0 Å². The molecular weight excluding hydrogens is 405 g/mol. The van der Waals surface area contributed by atoms with Gasteiger partial charge in [-0.2, -0.15) is 0 Å². The lowest BCUT2D eigenvalue weighted by Gasteiger charge is -2.14. The maximum Gasteiger partial charge on any atom is 0.188 e. The summed E-state index contributed by atoms with van der Waals surface area (Å²) in [6.45, 7) is 7.26. The number of methoxy groups -OCH3 is 2. The van der Waals surface area contributed by atoms with Crippen LogP contribution in [0.5, 0.6) is 11.5 Å². The zero-order valence-electron chi connectivity index (χ0n) is 14.2. The zero-order chi connectivity index (χ0) is 16.4. The summed E-state index contributed by atoms with van der Waals surface area (Å²) in [4.78, 5) is 4.36. The third-order valence-corrected chi connectivity index (χ3v) is 3.25. The van der Waals surface area contributed by atoms with E-state index in [2.05, 4.69) is 23.8 Å². The van der Waals surface area contributed by atoms with Gasteiger partial charge in [0, 0.05) is 12.1 Å². The summed E-state index contributed by atoms with van der Waals surface area (Å²) in [6, 6.07) is 3.97. The predicted molar refractivity (Wildman–Crippen MR) is 107 cm³/mol. The Morgan fingerprint density at radius 3 is 2.65 bits per heavy atom. The molecule has 1 aromatic carbocycles. The van der Waals surface area contributed by atoms with Crippen LogP contribution in [0.15, 0.2) is 29.8 Å². The summed E-state index contributed by atoms with van der Waals surface area (Å²) in [6.07, 6.45) is 4.75. The van der Waals surface area contributed by atoms with Gasteiger partial charge in [0.2, 0.25) is 0 Å². The number of aliphatic imine (C=N–C) groups is 1. The van der Waals surface area contributed by atoms with Gasteiger partial charge in [-0.3, -0.25) is 0 Å². The maximum absolute atomic E-state index is 5.85. The van der Waals surface area contributed by atoms with Crippen molar-refractivity contribution in [3.05, 3.63) is 35.9 Å². The first-order valence-corrected chi connectivity index (χ1v) is 7.54. The molecule has 0 bridgehead atoms. The van der Waals surface area contributed by atoms with E-state index in [4.69, 9.17) is 15.2 Å². The Labute approximate surface area is 156 Å². The fourth-order valence-corrected chi connectivity index (χ4v) is 2.13. The molecule has 0 unspecified atom stereocenters. The molecule has 23 heavy (non-hydrogen) atoms. The van der Waals surface area contributed by atoms with Gasteiger partial charge in [-0.05, 0) is 30.5 Å². The second-order valence-electron chi connectivity index (χ2n) is 4.97. The highest BCUT2D eigenvalue weighted by atomic mass is 127. The lowest BCUT2D eigenvalue weighted by atomic mass is 10.1. The molecule has 0 aliphatic carbocycles. The summed E-state index contributed by atoms with van der Waals surface area (Å²) < 4.78 is 10.8. The lowest BCUT2D eigenvalue weighted by Crippen LogP contribution is -2.32. The number of nitrogens with one attached hydrogen (secondary N) is 1. The fraction of sp³-hybridized carbons (Fsp3) is 0.471. The number of nitrogens with two attached hydrogens (primary N) is 1. The van der Waals surface area contributed by atoms with Crippen LogP contribution >= 0.6 is 24.0 Å². The molecule has 0 spiro atoms. The predicted octanol–water partition coefficient (Wildman–Crippen LogP) is 3.25. The first-order chi connectivity index (χ1) is 10.7. The van der Waals surface area contributed by atoms with Gasteiger partial charge in [-0.1, -0.05) is 19.4 Å². The molecule has 3 N–H and O–H groups in total. The van der Waals surface area contributed by atoms with Crippen LogP contribution in [-0.2, 0) is 13.0 Å². The standard InChI is InChI=1S/C17H27N3O2.HI/c1-5-7-9-19-17(18)20-12-13-10-14(8-6-2)16(22-4)15(11-13)21-3;/h6,10-11H,2,5,7-9,12H2,1,3-4H3,(H3,18,19,20);1H.